The molecule has 0 saturated carbocycles. The van der Waals surface area contributed by atoms with Crippen molar-refractivity contribution in [2.45, 2.75) is 18.9 Å². The molecule has 1 saturated heterocycles. The predicted octanol–water partition coefficient (Wildman–Crippen LogP) is 1.65. The maximum Gasteiger partial charge on any atom is 0.0108 e. The molecule has 0 aromatic rings. The fourth-order valence-corrected chi connectivity index (χ4v) is 2.39. The van der Waals surface area contributed by atoms with Gasteiger partial charge in [0.25, 0.3) is 0 Å². The lowest BCUT2D eigenvalue weighted by atomic mass is 10.1. The molecule has 0 bridgehead atoms. The van der Waals surface area contributed by atoms with E-state index < -0.39 is 0 Å². The maximum absolute atomic E-state index is 3.88. The van der Waals surface area contributed by atoms with Gasteiger partial charge < -0.3 is 4.90 Å². The van der Waals surface area contributed by atoms with Crippen LogP contribution in [0, 0.1) is 6.92 Å². The highest BCUT2D eigenvalue weighted by atomic mass is 32.2. The van der Waals surface area contributed by atoms with Crippen molar-refractivity contribution in [1.82, 2.24) is 4.90 Å². The van der Waals surface area contributed by atoms with Gasteiger partial charge in [0.05, 0.1) is 0 Å². The van der Waals surface area contributed by atoms with Gasteiger partial charge in [-0.1, -0.05) is 0 Å². The van der Waals surface area contributed by atoms with E-state index in [1.54, 1.807) is 0 Å². The first-order chi connectivity index (χ1) is 4.84. The smallest absolute Gasteiger partial charge is 0.0108 e. The molecule has 0 spiro atoms. The Morgan fingerprint density at radius 1 is 1.50 bits per heavy atom. The summed E-state index contributed by atoms with van der Waals surface area (Å²) in [6, 6.07) is 0.818. The summed E-state index contributed by atoms with van der Waals surface area (Å²) in [6.07, 6.45) is 2.72. The van der Waals surface area contributed by atoms with Crippen molar-refractivity contribution in [2.24, 2.45) is 0 Å². The van der Waals surface area contributed by atoms with Gasteiger partial charge >= 0.3 is 0 Å². The average molecular weight is 158 g/mol. The molecule has 1 aliphatic rings. The summed E-state index contributed by atoms with van der Waals surface area (Å²) >= 11 is 2.08. The molecule has 1 nitrogen and oxygen atoms in total. The first-order valence-corrected chi connectivity index (χ1v) is 5.07. The third kappa shape index (κ3) is 2.17. The number of hydrogen-bond acceptors (Lipinski definition) is 2. The molecule has 10 heavy (non-hydrogen) atoms. The van der Waals surface area contributed by atoms with Crippen LogP contribution in [-0.2, 0) is 0 Å². The summed E-state index contributed by atoms with van der Waals surface area (Å²) in [5, 5.41) is 0. The van der Waals surface area contributed by atoms with Gasteiger partial charge in [0.2, 0.25) is 0 Å². The Bertz CT molecular complexity index is 89.3. The molecule has 59 valence electrons. The normalized spacial score (nSPS) is 21.9. The molecular formula is C8H16NS. The van der Waals surface area contributed by atoms with E-state index >= 15 is 0 Å². The third-order valence-electron chi connectivity index (χ3n) is 2.17. The topological polar surface area (TPSA) is 3.24 Å². The number of thioether (sulfide) groups is 1. The summed E-state index contributed by atoms with van der Waals surface area (Å²) in [5.74, 6) is 2.68. The second-order valence-corrected chi connectivity index (χ2v) is 4.05. The molecule has 0 amide bonds. The molecule has 1 aliphatic heterocycles. The van der Waals surface area contributed by atoms with Gasteiger partial charge in [-0.15, -0.1) is 0 Å². The van der Waals surface area contributed by atoms with Crippen LogP contribution in [-0.4, -0.2) is 36.0 Å². The summed E-state index contributed by atoms with van der Waals surface area (Å²) in [7, 11) is 2.17. The molecule has 1 heterocycles. The van der Waals surface area contributed by atoms with Crippen molar-refractivity contribution in [2.75, 3.05) is 25.1 Å². The van der Waals surface area contributed by atoms with E-state index in [-0.39, 0.29) is 0 Å². The molecule has 0 unspecified atom stereocenters. The zero-order chi connectivity index (χ0) is 7.40. The highest BCUT2D eigenvalue weighted by Gasteiger charge is 2.16. The predicted molar refractivity (Wildman–Crippen MR) is 48.3 cm³/mol. The first-order valence-electron chi connectivity index (χ1n) is 3.92. The Morgan fingerprint density at radius 3 is 2.60 bits per heavy atom. The number of rotatable bonds is 2. The van der Waals surface area contributed by atoms with E-state index in [0.29, 0.717) is 0 Å². The van der Waals surface area contributed by atoms with E-state index in [4.69, 9.17) is 0 Å². The molecule has 1 rings (SSSR count). The third-order valence-corrected chi connectivity index (χ3v) is 3.22. The summed E-state index contributed by atoms with van der Waals surface area (Å²) in [4.78, 5) is 2.36. The van der Waals surface area contributed by atoms with Crippen molar-refractivity contribution in [3.63, 3.8) is 0 Å². The zero-order valence-corrected chi connectivity index (χ0v) is 7.49. The van der Waals surface area contributed by atoms with E-state index in [9.17, 15) is 0 Å². The molecule has 1 radical (unpaired) electrons. The minimum Gasteiger partial charge on any atom is -0.303 e. The quantitative estimate of drug-likeness (QED) is 0.601. The summed E-state index contributed by atoms with van der Waals surface area (Å²) in [5.41, 5.74) is 0. The Morgan fingerprint density at radius 2 is 2.10 bits per heavy atom. The summed E-state index contributed by atoms with van der Waals surface area (Å²) in [6.45, 7) is 4.83. The number of nitrogens with zero attached hydrogens (tertiary/aromatic N) is 1. The van der Waals surface area contributed by atoms with E-state index in [2.05, 4.69) is 30.6 Å². The molecule has 0 N–H and O–H groups in total. The van der Waals surface area contributed by atoms with Crippen molar-refractivity contribution in [1.29, 1.82) is 0 Å². The Hall–Kier alpha value is 0.310. The Labute approximate surface area is 68.2 Å². The molecule has 0 aromatic carbocycles. The van der Waals surface area contributed by atoms with Gasteiger partial charge in [0.15, 0.2) is 0 Å². The standard InChI is InChI=1S/C8H16NS/c1-3-9(2)8-4-6-10-7-5-8/h8H,1,3-7H2,2H3. The average Bonchev–Trinajstić information content (AvgIpc) is 2.05. The molecule has 2 heteroatoms. The first kappa shape index (κ1) is 8.41. The van der Waals surface area contributed by atoms with Crippen molar-refractivity contribution < 1.29 is 0 Å². The second kappa shape index (κ2) is 4.24. The largest absolute Gasteiger partial charge is 0.303 e. The van der Waals surface area contributed by atoms with Gasteiger partial charge in [0.1, 0.15) is 0 Å². The zero-order valence-electron chi connectivity index (χ0n) is 6.68. The van der Waals surface area contributed by atoms with E-state index in [1.165, 1.54) is 24.3 Å². The lowest BCUT2D eigenvalue weighted by molar-refractivity contribution is 0.251. The molecule has 0 aliphatic carbocycles. The lowest BCUT2D eigenvalue weighted by Gasteiger charge is -2.29. The maximum atomic E-state index is 3.88. The Kier molecular flexibility index (Phi) is 3.57. The van der Waals surface area contributed by atoms with E-state index in [0.717, 1.165) is 12.6 Å². The van der Waals surface area contributed by atoms with E-state index in [1.807, 2.05) is 0 Å². The van der Waals surface area contributed by atoms with Gasteiger partial charge in [-0.2, -0.15) is 11.8 Å². The monoisotopic (exact) mass is 158 g/mol. The van der Waals surface area contributed by atoms with Crippen LogP contribution < -0.4 is 0 Å². The van der Waals surface area contributed by atoms with Crippen molar-refractivity contribution >= 4 is 11.8 Å². The van der Waals surface area contributed by atoms with Crippen LogP contribution in [0.25, 0.3) is 0 Å². The fraction of sp³-hybridized carbons (Fsp3) is 0.875. The minimum absolute atomic E-state index is 0.818. The highest BCUT2D eigenvalue weighted by molar-refractivity contribution is 7.99. The van der Waals surface area contributed by atoms with Crippen LogP contribution in [0.3, 0.4) is 0 Å². The van der Waals surface area contributed by atoms with Crippen LogP contribution in [0.4, 0.5) is 0 Å². The highest BCUT2D eigenvalue weighted by Crippen LogP contribution is 2.20. The Balaban J connectivity index is 2.24. The van der Waals surface area contributed by atoms with Crippen LogP contribution in [0.2, 0.25) is 0 Å². The molecule has 0 atom stereocenters. The van der Waals surface area contributed by atoms with Crippen molar-refractivity contribution in [3.8, 4) is 0 Å². The van der Waals surface area contributed by atoms with Gasteiger partial charge in [-0.3, -0.25) is 0 Å². The van der Waals surface area contributed by atoms with Gasteiger partial charge in [-0.05, 0) is 44.9 Å². The second-order valence-electron chi connectivity index (χ2n) is 2.82. The lowest BCUT2D eigenvalue weighted by Crippen LogP contribution is -2.34. The fourth-order valence-electron chi connectivity index (χ4n) is 1.31. The van der Waals surface area contributed by atoms with Crippen LogP contribution in [0.15, 0.2) is 0 Å². The van der Waals surface area contributed by atoms with Gasteiger partial charge in [0, 0.05) is 6.04 Å². The van der Waals surface area contributed by atoms with Crippen LogP contribution in [0.5, 0.6) is 0 Å². The molecule has 0 aromatic heterocycles. The number of hydrogen-bond donors (Lipinski definition) is 0. The SMILES string of the molecule is [CH2]CN(C)C1CCSCC1. The molecular weight excluding hydrogens is 142 g/mol. The van der Waals surface area contributed by atoms with Crippen LogP contribution >= 0.6 is 11.8 Å². The van der Waals surface area contributed by atoms with Crippen molar-refractivity contribution in [3.05, 3.63) is 6.92 Å². The summed E-state index contributed by atoms with van der Waals surface area (Å²) < 4.78 is 0. The van der Waals surface area contributed by atoms with Gasteiger partial charge in [-0.25, -0.2) is 0 Å². The molecule has 1 fully saturated rings. The minimum atomic E-state index is 0.818. The van der Waals surface area contributed by atoms with Crippen LogP contribution in [0.1, 0.15) is 12.8 Å².